The summed E-state index contributed by atoms with van der Waals surface area (Å²) in [6.07, 6.45) is 20.6. The van der Waals surface area contributed by atoms with Crippen molar-refractivity contribution in [1.29, 1.82) is 0 Å². The SMILES string of the molecule is CO[C@H]1C[C@@H]2CC[C@@H](C)[C@@](O)(O2)C(=O)C(=O)N2CCCC[C@H]2C(=O)O[C@H]([C@H](C)C[C@@H]2CC[C@@H](OCCCCc3cn(CCOCCOCCOCCOCCOCCOCCC(=O)NCCCCn4nc(-c5ccc6oc(N)nc6c5)c5c(N)ncnc54)nn3)[C@H](OC)C2)C[C@@H](OC)[C@H](C)/C=C(\C)[C@@H](O)[C@@H](OC)C(=O)[C@H](C)C[C@H](C)/C=C/C=C/C=C/1C. The summed E-state index contributed by atoms with van der Waals surface area (Å²) >= 11 is 0. The summed E-state index contributed by atoms with van der Waals surface area (Å²) in [4.78, 5) is 84.7. The van der Waals surface area contributed by atoms with Crippen LogP contribution in [0.3, 0.4) is 0 Å². The molecular weight excluding hydrogens is 1570 g/mol. The second kappa shape index (κ2) is 50.9. The number of aliphatic hydroxyl groups excluding tert-OH is 1. The van der Waals surface area contributed by atoms with Crippen molar-refractivity contribution in [3.8, 4) is 11.3 Å². The fourth-order valence-corrected chi connectivity index (χ4v) is 16.6. The highest BCUT2D eigenvalue weighted by atomic mass is 16.6. The zero-order chi connectivity index (χ0) is 87.5. The predicted octanol–water partition coefficient (Wildman–Crippen LogP) is 9.46. The van der Waals surface area contributed by atoms with E-state index in [1.807, 2.05) is 82.5 Å². The number of esters is 1. The molecule has 122 heavy (non-hydrogen) atoms. The minimum absolute atomic E-state index is 0.0228. The van der Waals surface area contributed by atoms with Crippen LogP contribution in [0.15, 0.2) is 82.7 Å². The maximum Gasteiger partial charge on any atom is 0.329 e. The van der Waals surface area contributed by atoms with E-state index in [1.165, 1.54) is 18.3 Å². The summed E-state index contributed by atoms with van der Waals surface area (Å²) < 4.78 is 86.3. The molecule has 1 aliphatic carbocycles. The highest BCUT2D eigenvalue weighted by molar-refractivity contribution is 6.39. The topological polar surface area (TPSA) is 413 Å². The molecule has 7 N–H and O–H groups in total. The van der Waals surface area contributed by atoms with Gasteiger partial charge in [0.2, 0.25) is 11.7 Å². The van der Waals surface area contributed by atoms with Crippen LogP contribution in [-0.2, 0) is 105 Å². The number of unbranched alkanes of at least 4 members (excludes halogenated alkanes) is 2. The van der Waals surface area contributed by atoms with Gasteiger partial charge in [-0.05, 0) is 157 Å². The molecule has 0 spiro atoms. The van der Waals surface area contributed by atoms with E-state index in [2.05, 4.69) is 37.5 Å². The number of carbonyl (C=O) groups is 5. The molecule has 7 heterocycles. The quantitative estimate of drug-likeness (QED) is 0.0105. The molecule has 1 aromatic carbocycles. The fraction of sp³-hybridized carbons (Fsp3) is 0.697. The van der Waals surface area contributed by atoms with Crippen LogP contribution in [0.5, 0.6) is 0 Å². The predicted molar refractivity (Wildman–Crippen MR) is 457 cm³/mol. The van der Waals surface area contributed by atoms with E-state index in [-0.39, 0.29) is 86.0 Å². The average Bonchev–Trinajstić information content (AvgIpc) is 1.73. The third kappa shape index (κ3) is 29.4. The Hall–Kier alpha value is -7.87. The molecule has 1 saturated carbocycles. The number of aromatic nitrogens is 8. The van der Waals surface area contributed by atoms with Crippen molar-refractivity contribution in [2.45, 2.75) is 238 Å². The number of benzene rings is 1. The Kier molecular flexibility index (Phi) is 40.9. The Morgan fingerprint density at radius 1 is 0.730 bits per heavy atom. The molecule has 3 fully saturated rings. The summed E-state index contributed by atoms with van der Waals surface area (Å²) in [5, 5.41) is 41.1. The summed E-state index contributed by atoms with van der Waals surface area (Å²) in [5.74, 6) is -6.67. The largest absolute Gasteiger partial charge is 0.460 e. The van der Waals surface area contributed by atoms with E-state index in [9.17, 15) is 34.2 Å². The van der Waals surface area contributed by atoms with Gasteiger partial charge in [-0.25, -0.2) is 24.1 Å². The van der Waals surface area contributed by atoms with Gasteiger partial charge in [0, 0.05) is 103 Å². The maximum atomic E-state index is 14.9. The van der Waals surface area contributed by atoms with Crippen LogP contribution < -0.4 is 16.8 Å². The molecular formula is C89H136N12O21. The molecule has 2 amide bonds. The van der Waals surface area contributed by atoms with Gasteiger partial charge in [-0.2, -0.15) is 10.1 Å². The molecule has 4 aliphatic rings. The van der Waals surface area contributed by atoms with E-state index < -0.39 is 77.9 Å². The van der Waals surface area contributed by atoms with Gasteiger partial charge < -0.3 is 97.9 Å². The maximum absolute atomic E-state index is 14.9. The number of allylic oxidation sites excluding steroid dienone is 5. The summed E-state index contributed by atoms with van der Waals surface area (Å²) in [6.45, 7) is 20.5. The first kappa shape index (κ1) is 97.9. The van der Waals surface area contributed by atoms with Crippen LogP contribution in [0.1, 0.15) is 163 Å². The summed E-state index contributed by atoms with van der Waals surface area (Å²) in [6, 6.07) is 4.48. The lowest BCUT2D eigenvalue weighted by atomic mass is 9.78. The van der Waals surface area contributed by atoms with Crippen molar-refractivity contribution in [3.05, 3.63) is 84.0 Å². The molecule has 3 aliphatic heterocycles. The van der Waals surface area contributed by atoms with E-state index >= 15 is 0 Å². The Morgan fingerprint density at radius 2 is 1.44 bits per heavy atom. The van der Waals surface area contributed by atoms with Gasteiger partial charge in [0.25, 0.3) is 17.7 Å². The number of anilines is 2. The number of carbonyl (C=O) groups excluding carboxylic acids is 5. The van der Waals surface area contributed by atoms with E-state index in [0.717, 1.165) is 68.2 Å². The Balaban J connectivity index is 0.625. The molecule has 9 rings (SSSR count). The van der Waals surface area contributed by atoms with E-state index in [0.29, 0.717) is 183 Å². The number of nitrogens with one attached hydrogen (secondary N) is 1. The minimum atomic E-state index is -2.43. The molecule has 2 saturated heterocycles. The number of methoxy groups -OCH3 is 4. The number of piperidine rings is 1. The third-order valence-corrected chi connectivity index (χ3v) is 23.8. The van der Waals surface area contributed by atoms with E-state index in [1.54, 1.807) is 50.6 Å². The van der Waals surface area contributed by atoms with Gasteiger partial charge in [-0.15, -0.1) is 5.10 Å². The lowest BCUT2D eigenvalue weighted by Crippen LogP contribution is -2.61. The number of hydrogen-bond donors (Lipinski definition) is 5. The average molecular weight is 1710 g/mol. The minimum Gasteiger partial charge on any atom is -0.460 e. The molecule has 33 heteroatoms. The van der Waals surface area contributed by atoms with Gasteiger partial charge in [-0.3, -0.25) is 19.2 Å². The Labute approximate surface area is 717 Å². The number of ether oxygens (including phenoxy) is 13. The number of aryl methyl sites for hydroxylation is 2. The number of Topliss-reactive ketones (excluding diaryl/α,β-unsaturated/α-hetero) is 2. The number of aliphatic hydroxyl groups is 2. The number of oxazole rings is 1. The number of ketones is 2. The number of nitrogen functional groups attached to an aromatic ring is 2. The fourth-order valence-electron chi connectivity index (χ4n) is 16.6. The number of rotatable bonds is 40. The van der Waals surface area contributed by atoms with Gasteiger partial charge in [0.15, 0.2) is 17.0 Å². The highest BCUT2D eigenvalue weighted by Gasteiger charge is 2.53. The molecule has 2 bridgehead atoms. The van der Waals surface area contributed by atoms with Crippen LogP contribution in [0.4, 0.5) is 11.8 Å². The van der Waals surface area contributed by atoms with Crippen molar-refractivity contribution in [2.75, 3.05) is 139 Å². The first-order chi connectivity index (χ1) is 58.9. The Bertz CT molecular complexity index is 4170. The van der Waals surface area contributed by atoms with Gasteiger partial charge in [0.1, 0.15) is 47.7 Å². The monoisotopic (exact) mass is 1710 g/mol. The normalized spacial score (nSPS) is 27.7. The smallest absolute Gasteiger partial charge is 0.329 e. The third-order valence-electron chi connectivity index (χ3n) is 23.8. The molecule has 678 valence electrons. The number of hydrogen-bond acceptors (Lipinski definition) is 29. The number of nitrogens with zero attached hydrogens (tertiary/aromatic N) is 9. The van der Waals surface area contributed by atoms with Crippen LogP contribution in [0.25, 0.3) is 33.4 Å². The second-order valence-corrected chi connectivity index (χ2v) is 33.0. The van der Waals surface area contributed by atoms with Crippen molar-refractivity contribution in [1.82, 2.24) is 49.9 Å². The standard InChI is InChI=1S/C89H136N12O21/c1-58-21-13-12-14-22-59(2)73(109-8)54-68-28-25-64(7)89(108,122-68)83(105)86(106)100-33-18-15-24-70(100)87(107)120-75(55-74(110-9)60(3)50-63(6)81(104)82(112-11)80(103)62(5)49-58)61(4)51-65-26-29-72(76(52-65)111-10)119-36-20-16-23-67-56-99(98-96-67)35-38-114-40-42-116-44-46-118-48-47-117-45-43-115-41-39-113-37-31-77(102)92-32-17-19-34-101-85-78(84(90)93-57-94-85)79(97-101)66-27-30-71-69(53-66)95-88(91)121-71/h12-14,21-22,27,30,50,53,56-58,60-62,64-65,68,70,72-76,81-82,104,108H,15-20,23-26,28-29,31-49,51-52,54-55H2,1-11H3,(H2,91,95)(H,92,102)(H2,90,93,94)/b14-12+,21-13+,59-22+,63-50+/t58-,60-,61-,62-,64-,65+,68+,70+,72-,73+,74-,75+,76-,81-,82+,89-/m1/s1. The second-order valence-electron chi connectivity index (χ2n) is 33.0. The Morgan fingerprint density at radius 3 is 2.15 bits per heavy atom. The van der Waals surface area contributed by atoms with Crippen LogP contribution >= 0.6 is 0 Å². The number of nitrogens with two attached hydrogens (primary N) is 2. The lowest BCUT2D eigenvalue weighted by molar-refractivity contribution is -0.265. The molecule has 4 aromatic heterocycles. The first-order valence-corrected chi connectivity index (χ1v) is 43.8. The van der Waals surface area contributed by atoms with Crippen LogP contribution in [0.2, 0.25) is 0 Å². The van der Waals surface area contributed by atoms with Gasteiger partial charge in [-0.1, -0.05) is 76.3 Å². The van der Waals surface area contributed by atoms with Crippen molar-refractivity contribution < 1.29 is 100 Å². The molecule has 16 atom stereocenters. The van der Waals surface area contributed by atoms with Gasteiger partial charge in [0.05, 0.1) is 127 Å². The van der Waals surface area contributed by atoms with Crippen molar-refractivity contribution in [3.63, 3.8) is 0 Å². The first-order valence-electron chi connectivity index (χ1n) is 43.8. The van der Waals surface area contributed by atoms with Crippen molar-refractivity contribution >= 4 is 63.3 Å². The van der Waals surface area contributed by atoms with E-state index in [4.69, 9.17) is 82.6 Å². The molecule has 0 radical (unpaired) electrons. The number of amides is 2. The van der Waals surface area contributed by atoms with Crippen LogP contribution in [-0.4, -0.2) is 272 Å². The zero-order valence-corrected chi connectivity index (χ0v) is 73.6. The van der Waals surface area contributed by atoms with Gasteiger partial charge >= 0.3 is 5.97 Å². The number of cyclic esters (lactones) is 1. The highest BCUT2D eigenvalue weighted by Crippen LogP contribution is 2.40. The molecule has 0 unspecified atom stereocenters. The zero-order valence-electron chi connectivity index (χ0n) is 73.6. The molecule has 5 aromatic rings. The van der Waals surface area contributed by atoms with Crippen molar-refractivity contribution in [2.24, 2.45) is 35.5 Å². The summed E-state index contributed by atoms with van der Waals surface area (Å²) in [5.41, 5.74) is 17.5. The lowest BCUT2D eigenvalue weighted by Gasteiger charge is -2.43. The summed E-state index contributed by atoms with van der Waals surface area (Å²) in [7, 11) is 6.34. The van der Waals surface area contributed by atoms with Crippen LogP contribution in [0, 0.1) is 35.5 Å². The molecule has 33 nitrogen and oxygen atoms in total. The number of fused-ring (bicyclic) bond motifs is 5.